The van der Waals surface area contributed by atoms with E-state index in [2.05, 4.69) is 20.2 Å². The molecule has 3 heterocycles. The van der Waals surface area contributed by atoms with E-state index in [1.165, 1.54) is 30.0 Å². The van der Waals surface area contributed by atoms with Crippen LogP contribution in [0.2, 0.25) is 0 Å². The van der Waals surface area contributed by atoms with Gasteiger partial charge in [0, 0.05) is 30.9 Å². The first-order valence-corrected chi connectivity index (χ1v) is 12.0. The molecule has 4 rings (SSSR count). The van der Waals surface area contributed by atoms with Gasteiger partial charge in [0.2, 0.25) is 5.91 Å². The lowest BCUT2D eigenvalue weighted by Gasteiger charge is -2.11. The van der Waals surface area contributed by atoms with E-state index in [4.69, 9.17) is 0 Å². The van der Waals surface area contributed by atoms with Gasteiger partial charge in [0.05, 0.1) is 5.75 Å². The highest BCUT2D eigenvalue weighted by Gasteiger charge is 2.20. The molecule has 2 aromatic heterocycles. The molecular formula is C21H23N5O3S2. The van der Waals surface area contributed by atoms with Crippen LogP contribution in [0.5, 0.6) is 0 Å². The maximum absolute atomic E-state index is 13.0. The summed E-state index contributed by atoms with van der Waals surface area (Å²) in [6.07, 6.45) is 2.27. The summed E-state index contributed by atoms with van der Waals surface area (Å²) in [5.41, 5.74) is 1.42. The van der Waals surface area contributed by atoms with E-state index in [0.717, 1.165) is 31.1 Å². The highest BCUT2D eigenvalue weighted by Crippen LogP contribution is 2.29. The second-order valence-electron chi connectivity index (χ2n) is 7.26. The fraction of sp³-hybridized carbons (Fsp3) is 0.381. The first-order valence-electron chi connectivity index (χ1n) is 10.2. The number of hydrogen-bond donors (Lipinski definition) is 1. The van der Waals surface area contributed by atoms with Crippen molar-refractivity contribution >= 4 is 56.0 Å². The third kappa shape index (κ3) is 4.64. The molecule has 1 N–H and O–H groups in total. The van der Waals surface area contributed by atoms with Gasteiger partial charge in [-0.2, -0.15) is 4.98 Å². The van der Waals surface area contributed by atoms with Gasteiger partial charge in [-0.15, -0.1) is 0 Å². The first kappa shape index (κ1) is 21.5. The minimum atomic E-state index is -0.237. The number of anilines is 2. The third-order valence-electron chi connectivity index (χ3n) is 5.05. The largest absolute Gasteiger partial charge is 0.348 e. The zero-order valence-corrected chi connectivity index (χ0v) is 19.0. The number of aromatic nitrogens is 3. The van der Waals surface area contributed by atoms with E-state index < -0.39 is 0 Å². The van der Waals surface area contributed by atoms with Crippen molar-refractivity contribution in [3.8, 4) is 0 Å². The van der Waals surface area contributed by atoms with Crippen LogP contribution in [0.15, 0.2) is 34.2 Å². The third-order valence-corrected chi connectivity index (χ3v) is 7.12. The minimum absolute atomic E-state index is 0.0634. The smallest absolute Gasteiger partial charge is 0.273 e. The Labute approximate surface area is 187 Å². The SMILES string of the molecule is CCn1c(SCC(=O)Nc2cccc(C(C)=O)c2)nc2nc(N3CCCC3)sc2c1=O. The quantitative estimate of drug-likeness (QED) is 0.330. The average molecular weight is 458 g/mol. The van der Waals surface area contributed by atoms with Gasteiger partial charge in [0.25, 0.3) is 5.56 Å². The number of carbonyl (C=O) groups is 2. The lowest BCUT2D eigenvalue weighted by Crippen LogP contribution is -2.23. The fourth-order valence-electron chi connectivity index (χ4n) is 3.45. The van der Waals surface area contributed by atoms with Crippen LogP contribution >= 0.6 is 23.1 Å². The zero-order valence-electron chi connectivity index (χ0n) is 17.4. The van der Waals surface area contributed by atoms with Gasteiger partial charge in [0.15, 0.2) is 21.7 Å². The molecule has 3 aromatic rings. The number of hydrogen-bond acceptors (Lipinski definition) is 8. The molecule has 31 heavy (non-hydrogen) atoms. The average Bonchev–Trinajstić information content (AvgIpc) is 3.42. The van der Waals surface area contributed by atoms with Crippen molar-refractivity contribution < 1.29 is 9.59 Å². The van der Waals surface area contributed by atoms with Crippen molar-refractivity contribution in [2.75, 3.05) is 29.1 Å². The maximum atomic E-state index is 13.0. The molecule has 0 radical (unpaired) electrons. The molecule has 1 aromatic carbocycles. The lowest BCUT2D eigenvalue weighted by atomic mass is 10.1. The minimum Gasteiger partial charge on any atom is -0.348 e. The van der Waals surface area contributed by atoms with Crippen molar-refractivity contribution in [2.24, 2.45) is 0 Å². The summed E-state index contributed by atoms with van der Waals surface area (Å²) < 4.78 is 2.14. The number of nitrogens with zero attached hydrogens (tertiary/aromatic N) is 4. The number of fused-ring (bicyclic) bond motifs is 1. The van der Waals surface area contributed by atoms with Crippen LogP contribution in [0.1, 0.15) is 37.0 Å². The maximum Gasteiger partial charge on any atom is 0.273 e. The summed E-state index contributed by atoms with van der Waals surface area (Å²) in [7, 11) is 0. The molecule has 0 bridgehead atoms. The Morgan fingerprint density at radius 3 is 2.71 bits per heavy atom. The first-order chi connectivity index (χ1) is 15.0. The second-order valence-corrected chi connectivity index (χ2v) is 9.18. The number of amides is 1. The van der Waals surface area contributed by atoms with Crippen molar-refractivity contribution in [1.82, 2.24) is 14.5 Å². The molecule has 8 nitrogen and oxygen atoms in total. The van der Waals surface area contributed by atoms with Gasteiger partial charge < -0.3 is 10.2 Å². The predicted octanol–water partition coefficient (Wildman–Crippen LogP) is 3.41. The summed E-state index contributed by atoms with van der Waals surface area (Å²) in [5, 5.41) is 4.11. The van der Waals surface area contributed by atoms with Gasteiger partial charge in [-0.05, 0) is 38.8 Å². The molecule has 0 aliphatic carbocycles. The Kier molecular flexibility index (Phi) is 6.38. The van der Waals surface area contributed by atoms with E-state index >= 15 is 0 Å². The van der Waals surface area contributed by atoms with Gasteiger partial charge >= 0.3 is 0 Å². The normalized spacial score (nSPS) is 13.7. The molecule has 0 spiro atoms. The number of nitrogens with one attached hydrogen (secondary N) is 1. The molecule has 162 valence electrons. The van der Waals surface area contributed by atoms with Crippen molar-refractivity contribution in [3.63, 3.8) is 0 Å². The number of carbonyl (C=O) groups excluding carboxylic acids is 2. The number of benzene rings is 1. The van der Waals surface area contributed by atoms with Crippen LogP contribution in [0.25, 0.3) is 10.3 Å². The summed E-state index contributed by atoms with van der Waals surface area (Å²) in [6.45, 7) is 5.73. The fourth-order valence-corrected chi connectivity index (χ4v) is 5.31. The zero-order chi connectivity index (χ0) is 22.0. The number of thiazole rings is 1. The van der Waals surface area contributed by atoms with Gasteiger partial charge in [0.1, 0.15) is 4.70 Å². The lowest BCUT2D eigenvalue weighted by molar-refractivity contribution is -0.113. The van der Waals surface area contributed by atoms with Crippen LogP contribution in [0.4, 0.5) is 10.8 Å². The predicted molar refractivity (Wildman–Crippen MR) is 125 cm³/mol. The standard InChI is InChI=1S/C21H23N5O3S2/c1-3-26-19(29)17-18(23-20(31-17)25-9-4-5-10-25)24-21(26)30-12-16(28)22-15-8-6-7-14(11-15)13(2)27/h6-8,11H,3-5,9-10,12H2,1-2H3,(H,22,28). The molecule has 1 saturated heterocycles. The summed E-state index contributed by atoms with van der Waals surface area (Å²) in [5.74, 6) is -0.212. The van der Waals surface area contributed by atoms with Gasteiger partial charge in [-0.3, -0.25) is 19.0 Å². The van der Waals surface area contributed by atoms with E-state index in [9.17, 15) is 14.4 Å². The summed E-state index contributed by atoms with van der Waals surface area (Å²) >= 11 is 2.60. The van der Waals surface area contributed by atoms with Crippen LogP contribution in [-0.2, 0) is 11.3 Å². The molecule has 0 saturated carbocycles. The highest BCUT2D eigenvalue weighted by molar-refractivity contribution is 7.99. The van der Waals surface area contributed by atoms with E-state index in [1.807, 2.05) is 6.92 Å². The Morgan fingerprint density at radius 2 is 2.00 bits per heavy atom. The van der Waals surface area contributed by atoms with Crippen LogP contribution in [0, 0.1) is 0 Å². The number of ketones is 1. The number of rotatable bonds is 7. The van der Waals surface area contributed by atoms with E-state index in [1.54, 1.807) is 28.8 Å². The van der Waals surface area contributed by atoms with Crippen molar-refractivity contribution in [3.05, 3.63) is 40.2 Å². The Morgan fingerprint density at radius 1 is 1.23 bits per heavy atom. The molecular weight excluding hydrogens is 434 g/mol. The number of Topliss-reactive ketones (excluding diaryl/α,β-unsaturated/α-hetero) is 1. The summed E-state index contributed by atoms with van der Waals surface area (Å²) in [6, 6.07) is 6.81. The molecule has 1 fully saturated rings. The monoisotopic (exact) mass is 457 g/mol. The van der Waals surface area contributed by atoms with Crippen LogP contribution in [-0.4, -0.2) is 45.1 Å². The topological polar surface area (TPSA) is 97.2 Å². The van der Waals surface area contributed by atoms with Crippen LogP contribution in [0.3, 0.4) is 0 Å². The summed E-state index contributed by atoms with van der Waals surface area (Å²) in [4.78, 5) is 48.3. The van der Waals surface area contributed by atoms with Crippen molar-refractivity contribution in [1.29, 1.82) is 0 Å². The van der Waals surface area contributed by atoms with Crippen molar-refractivity contribution in [2.45, 2.75) is 38.4 Å². The Balaban J connectivity index is 1.52. The highest BCUT2D eigenvalue weighted by atomic mass is 32.2. The van der Waals surface area contributed by atoms with E-state index in [0.29, 0.717) is 33.3 Å². The molecule has 1 amide bonds. The molecule has 1 aliphatic rings. The molecule has 0 atom stereocenters. The Bertz CT molecular complexity index is 1200. The Hall–Kier alpha value is -2.72. The van der Waals surface area contributed by atoms with Gasteiger partial charge in [-0.25, -0.2) is 4.98 Å². The molecule has 0 unspecified atom stereocenters. The van der Waals surface area contributed by atoms with Crippen LogP contribution < -0.4 is 15.8 Å². The second kappa shape index (κ2) is 9.19. The molecule has 10 heteroatoms. The molecule has 1 aliphatic heterocycles. The van der Waals surface area contributed by atoms with Gasteiger partial charge in [-0.1, -0.05) is 35.2 Å². The van der Waals surface area contributed by atoms with E-state index in [-0.39, 0.29) is 23.0 Å². The number of thioether (sulfide) groups is 1.